The smallest absolute Gasteiger partial charge is 0.293 e. The minimum Gasteiger partial charge on any atom is -0.293 e. The van der Waals surface area contributed by atoms with Gasteiger partial charge in [0.25, 0.3) is 0 Å². The van der Waals surface area contributed by atoms with Crippen LogP contribution in [0.1, 0.15) is 40.5 Å². The van der Waals surface area contributed by atoms with Gasteiger partial charge in [-0.05, 0) is 46.5 Å². The SMILES string of the molecule is C/C(=C\C(=O)OOC(C)(C)C)C1CC1. The molecule has 1 aliphatic carbocycles. The number of rotatable bonds is 3. The summed E-state index contributed by atoms with van der Waals surface area (Å²) >= 11 is 0. The summed E-state index contributed by atoms with van der Waals surface area (Å²) in [5.41, 5.74) is 0.643. The maximum absolute atomic E-state index is 11.2. The van der Waals surface area contributed by atoms with Crippen molar-refractivity contribution in [3.05, 3.63) is 11.6 Å². The highest BCUT2D eigenvalue weighted by Crippen LogP contribution is 2.35. The summed E-state index contributed by atoms with van der Waals surface area (Å²) in [7, 11) is 0. The van der Waals surface area contributed by atoms with Gasteiger partial charge in [0.05, 0.1) is 0 Å². The zero-order valence-corrected chi connectivity index (χ0v) is 9.29. The van der Waals surface area contributed by atoms with Crippen LogP contribution < -0.4 is 0 Å². The first-order valence-electron chi connectivity index (χ1n) is 4.96. The first-order chi connectivity index (χ1) is 6.38. The minimum absolute atomic E-state index is 0.413. The van der Waals surface area contributed by atoms with E-state index in [9.17, 15) is 4.79 Å². The van der Waals surface area contributed by atoms with Gasteiger partial charge in [-0.3, -0.25) is 4.89 Å². The van der Waals surface area contributed by atoms with Crippen molar-refractivity contribution in [3.63, 3.8) is 0 Å². The molecular weight excluding hydrogens is 180 g/mol. The van der Waals surface area contributed by atoms with Gasteiger partial charge >= 0.3 is 5.97 Å². The van der Waals surface area contributed by atoms with Crippen LogP contribution in [0.4, 0.5) is 0 Å². The third-order valence-corrected chi connectivity index (χ3v) is 1.94. The number of carbonyl (C=O) groups is 1. The molecule has 0 aliphatic heterocycles. The van der Waals surface area contributed by atoms with Crippen LogP contribution >= 0.6 is 0 Å². The molecule has 0 aromatic rings. The van der Waals surface area contributed by atoms with Crippen molar-refractivity contribution in [2.24, 2.45) is 5.92 Å². The van der Waals surface area contributed by atoms with Crippen LogP contribution in [0.25, 0.3) is 0 Å². The van der Waals surface area contributed by atoms with Crippen LogP contribution in [0.15, 0.2) is 11.6 Å². The van der Waals surface area contributed by atoms with Crippen LogP contribution in [-0.4, -0.2) is 11.6 Å². The Balaban J connectivity index is 2.31. The summed E-state index contributed by atoms with van der Waals surface area (Å²) in [6.45, 7) is 7.45. The molecule has 1 rings (SSSR count). The molecule has 0 aromatic carbocycles. The molecule has 1 saturated carbocycles. The molecule has 1 aliphatic rings. The predicted molar refractivity (Wildman–Crippen MR) is 53.4 cm³/mol. The molecule has 3 nitrogen and oxygen atoms in total. The van der Waals surface area contributed by atoms with Crippen molar-refractivity contribution in [3.8, 4) is 0 Å². The Morgan fingerprint density at radius 2 is 1.93 bits per heavy atom. The highest BCUT2D eigenvalue weighted by atomic mass is 17.2. The molecule has 80 valence electrons. The van der Waals surface area contributed by atoms with E-state index >= 15 is 0 Å². The Morgan fingerprint density at radius 3 is 2.36 bits per heavy atom. The summed E-state index contributed by atoms with van der Waals surface area (Å²) in [5, 5.41) is 0. The zero-order chi connectivity index (χ0) is 10.8. The molecule has 0 bridgehead atoms. The maximum Gasteiger partial charge on any atom is 0.365 e. The monoisotopic (exact) mass is 198 g/mol. The van der Waals surface area contributed by atoms with E-state index in [4.69, 9.17) is 4.89 Å². The van der Waals surface area contributed by atoms with Crippen molar-refractivity contribution in [1.82, 2.24) is 0 Å². The summed E-state index contributed by atoms with van der Waals surface area (Å²) in [4.78, 5) is 20.7. The van der Waals surface area contributed by atoms with E-state index in [2.05, 4.69) is 4.89 Å². The zero-order valence-electron chi connectivity index (χ0n) is 9.29. The first-order valence-corrected chi connectivity index (χ1v) is 4.96. The van der Waals surface area contributed by atoms with Gasteiger partial charge in [-0.2, -0.15) is 4.89 Å². The molecule has 1 fully saturated rings. The Morgan fingerprint density at radius 1 is 1.36 bits per heavy atom. The van der Waals surface area contributed by atoms with Gasteiger partial charge in [0.15, 0.2) is 0 Å². The molecule has 3 heteroatoms. The quantitative estimate of drug-likeness (QED) is 0.397. The molecule has 0 amide bonds. The van der Waals surface area contributed by atoms with E-state index in [-0.39, 0.29) is 0 Å². The predicted octanol–water partition coefficient (Wildman–Crippen LogP) is 2.62. The van der Waals surface area contributed by atoms with Crippen LogP contribution in [0.3, 0.4) is 0 Å². The number of carbonyl (C=O) groups excluding carboxylic acids is 1. The second-order valence-electron chi connectivity index (χ2n) is 4.76. The highest BCUT2D eigenvalue weighted by Gasteiger charge is 2.24. The highest BCUT2D eigenvalue weighted by molar-refractivity contribution is 5.82. The normalized spacial score (nSPS) is 18.1. The van der Waals surface area contributed by atoms with Crippen LogP contribution in [-0.2, 0) is 14.6 Å². The summed E-state index contributed by atoms with van der Waals surface area (Å²) < 4.78 is 0. The van der Waals surface area contributed by atoms with E-state index in [1.165, 1.54) is 18.9 Å². The van der Waals surface area contributed by atoms with Gasteiger partial charge in [0.2, 0.25) is 0 Å². The van der Waals surface area contributed by atoms with Crippen molar-refractivity contribution < 1.29 is 14.6 Å². The summed E-state index contributed by atoms with van der Waals surface area (Å²) in [6.07, 6.45) is 3.90. The van der Waals surface area contributed by atoms with E-state index in [1.807, 2.05) is 27.7 Å². The number of hydrogen-bond acceptors (Lipinski definition) is 3. The van der Waals surface area contributed by atoms with Crippen LogP contribution in [0.2, 0.25) is 0 Å². The van der Waals surface area contributed by atoms with Crippen molar-refractivity contribution in [1.29, 1.82) is 0 Å². The Bertz CT molecular complexity index is 244. The average molecular weight is 198 g/mol. The van der Waals surface area contributed by atoms with E-state index in [1.54, 1.807) is 0 Å². The number of allylic oxidation sites excluding steroid dienone is 1. The van der Waals surface area contributed by atoms with E-state index in [0.717, 1.165) is 5.57 Å². The van der Waals surface area contributed by atoms with Gasteiger partial charge in [-0.25, -0.2) is 4.79 Å². The molecule has 0 aromatic heterocycles. The lowest BCUT2D eigenvalue weighted by Gasteiger charge is -2.15. The lowest BCUT2D eigenvalue weighted by molar-refractivity contribution is -0.316. The van der Waals surface area contributed by atoms with Crippen molar-refractivity contribution in [2.75, 3.05) is 0 Å². The second kappa shape index (κ2) is 4.13. The third kappa shape index (κ3) is 4.42. The molecule has 0 unspecified atom stereocenters. The molecular formula is C11H18O3. The van der Waals surface area contributed by atoms with Gasteiger partial charge in [-0.15, -0.1) is 0 Å². The largest absolute Gasteiger partial charge is 0.365 e. The summed E-state index contributed by atoms with van der Waals surface area (Å²) in [5.74, 6) is 0.182. The van der Waals surface area contributed by atoms with E-state index < -0.39 is 11.6 Å². The Kier molecular flexibility index (Phi) is 3.32. The number of hydrogen-bond donors (Lipinski definition) is 0. The van der Waals surface area contributed by atoms with Gasteiger partial charge in [0, 0.05) is 6.08 Å². The van der Waals surface area contributed by atoms with E-state index in [0.29, 0.717) is 5.92 Å². The lowest BCUT2D eigenvalue weighted by atomic mass is 10.2. The van der Waals surface area contributed by atoms with Crippen molar-refractivity contribution in [2.45, 2.75) is 46.1 Å². The molecule has 0 N–H and O–H groups in total. The standard InChI is InChI=1S/C11H18O3/c1-8(9-5-6-9)7-10(12)13-14-11(2,3)4/h7,9H,5-6H2,1-4H3/b8-7+. The van der Waals surface area contributed by atoms with Gasteiger partial charge in [0.1, 0.15) is 5.60 Å². The topological polar surface area (TPSA) is 35.5 Å². The van der Waals surface area contributed by atoms with Gasteiger partial charge in [-0.1, -0.05) is 5.57 Å². The van der Waals surface area contributed by atoms with Crippen LogP contribution in [0, 0.1) is 5.92 Å². The van der Waals surface area contributed by atoms with Crippen molar-refractivity contribution >= 4 is 5.97 Å². The minimum atomic E-state index is -0.447. The molecule has 0 heterocycles. The Labute approximate surface area is 85.0 Å². The maximum atomic E-state index is 11.2. The summed E-state index contributed by atoms with van der Waals surface area (Å²) in [6, 6.07) is 0. The fourth-order valence-corrected chi connectivity index (χ4v) is 1.03. The van der Waals surface area contributed by atoms with Gasteiger partial charge < -0.3 is 0 Å². The molecule has 0 radical (unpaired) electrons. The molecule has 0 spiro atoms. The Hall–Kier alpha value is -0.830. The molecule has 0 atom stereocenters. The fourth-order valence-electron chi connectivity index (χ4n) is 1.03. The molecule has 0 saturated heterocycles. The molecule has 14 heavy (non-hydrogen) atoms. The third-order valence-electron chi connectivity index (χ3n) is 1.94. The van der Waals surface area contributed by atoms with Crippen LogP contribution in [0.5, 0.6) is 0 Å². The first kappa shape index (κ1) is 11.2. The fraction of sp³-hybridized carbons (Fsp3) is 0.727. The average Bonchev–Trinajstić information content (AvgIpc) is 2.81. The second-order valence-corrected chi connectivity index (χ2v) is 4.76. The lowest BCUT2D eigenvalue weighted by Crippen LogP contribution is -2.21.